The van der Waals surface area contributed by atoms with Gasteiger partial charge in [0.05, 0.1) is 40.4 Å². The van der Waals surface area contributed by atoms with E-state index in [4.69, 9.17) is 16.1 Å². The molecule has 0 saturated heterocycles. The molecule has 6 heterocycles. The van der Waals surface area contributed by atoms with E-state index < -0.39 is 17.3 Å². The van der Waals surface area contributed by atoms with E-state index in [0.717, 1.165) is 9.56 Å². The van der Waals surface area contributed by atoms with E-state index >= 15 is 4.39 Å². The molecule has 0 aliphatic rings. The molecular formula is C26H17ClFN7O3S2. The Kier molecular flexibility index (Phi) is 7.07. The molecule has 0 aliphatic heterocycles. The van der Waals surface area contributed by atoms with E-state index in [9.17, 15) is 9.59 Å². The molecule has 0 radical (unpaired) electrons. The van der Waals surface area contributed by atoms with Gasteiger partial charge in [0.1, 0.15) is 17.7 Å². The molecule has 40 heavy (non-hydrogen) atoms. The number of nitrogens with one attached hydrogen (secondary N) is 1. The Hall–Kier alpha value is -4.46. The highest BCUT2D eigenvalue weighted by Gasteiger charge is 2.27. The number of halogens is 2. The number of carbonyl (C=O) groups is 1. The van der Waals surface area contributed by atoms with Gasteiger partial charge in [-0.05, 0) is 36.4 Å². The molecule has 6 aromatic heterocycles. The number of thiazole rings is 1. The van der Waals surface area contributed by atoms with Crippen molar-refractivity contribution in [1.29, 1.82) is 0 Å². The topological polar surface area (TPSA) is 121 Å². The number of rotatable bonds is 8. The lowest BCUT2D eigenvalue weighted by atomic mass is 10.1. The minimum absolute atomic E-state index is 0.0337. The van der Waals surface area contributed by atoms with E-state index in [-0.39, 0.29) is 35.9 Å². The Bertz CT molecular complexity index is 1850. The first-order valence-electron chi connectivity index (χ1n) is 11.7. The summed E-state index contributed by atoms with van der Waals surface area (Å²) in [6.45, 7) is 0.284. The lowest BCUT2D eigenvalue weighted by Crippen LogP contribution is -2.24. The van der Waals surface area contributed by atoms with Crippen LogP contribution >= 0.6 is 34.3 Å². The van der Waals surface area contributed by atoms with Gasteiger partial charge in [-0.3, -0.25) is 14.6 Å². The lowest BCUT2D eigenvalue weighted by Gasteiger charge is -2.13. The van der Waals surface area contributed by atoms with Crippen molar-refractivity contribution in [3.05, 3.63) is 109 Å². The zero-order valence-electron chi connectivity index (χ0n) is 20.3. The average Bonchev–Trinajstić information content (AvgIpc) is 3.78. The Morgan fingerprint density at radius 2 is 2.08 bits per heavy atom. The van der Waals surface area contributed by atoms with Crippen LogP contribution in [0.1, 0.15) is 20.9 Å². The van der Waals surface area contributed by atoms with Gasteiger partial charge in [0.2, 0.25) is 0 Å². The first-order valence-corrected chi connectivity index (χ1v) is 13.9. The van der Waals surface area contributed by atoms with E-state index in [1.807, 2.05) is 6.07 Å². The van der Waals surface area contributed by atoms with Crippen LogP contribution in [0.5, 0.6) is 0 Å². The van der Waals surface area contributed by atoms with Crippen LogP contribution in [-0.4, -0.2) is 35.4 Å². The van der Waals surface area contributed by atoms with Gasteiger partial charge in [-0.15, -0.1) is 22.7 Å². The maximum atomic E-state index is 16.1. The molecule has 6 aromatic rings. The molecule has 0 unspecified atom stereocenters. The monoisotopic (exact) mass is 593 g/mol. The van der Waals surface area contributed by atoms with Gasteiger partial charge in [-0.25, -0.2) is 9.37 Å². The maximum Gasteiger partial charge on any atom is 0.299 e. The van der Waals surface area contributed by atoms with E-state index in [0.29, 0.717) is 21.2 Å². The third kappa shape index (κ3) is 4.97. The highest BCUT2D eigenvalue weighted by molar-refractivity contribution is 7.16. The molecule has 0 bridgehead atoms. The zero-order chi connectivity index (χ0) is 27.6. The molecule has 6 rings (SSSR count). The summed E-state index contributed by atoms with van der Waals surface area (Å²) in [4.78, 5) is 36.2. The van der Waals surface area contributed by atoms with Crippen molar-refractivity contribution in [2.75, 3.05) is 5.32 Å². The average molecular weight is 594 g/mol. The highest BCUT2D eigenvalue weighted by atomic mass is 35.5. The van der Waals surface area contributed by atoms with Crippen molar-refractivity contribution in [1.82, 2.24) is 29.5 Å². The summed E-state index contributed by atoms with van der Waals surface area (Å²) in [7, 11) is 0. The predicted octanol–water partition coefficient (Wildman–Crippen LogP) is 5.42. The third-order valence-electron chi connectivity index (χ3n) is 5.94. The van der Waals surface area contributed by atoms with Gasteiger partial charge in [0.25, 0.3) is 11.5 Å². The van der Waals surface area contributed by atoms with Crippen LogP contribution in [0.25, 0.3) is 22.5 Å². The molecule has 0 spiro atoms. The summed E-state index contributed by atoms with van der Waals surface area (Å²) in [6, 6.07) is 10.3. The molecule has 1 N–H and O–H groups in total. The van der Waals surface area contributed by atoms with Crippen LogP contribution in [0.3, 0.4) is 0 Å². The maximum absolute atomic E-state index is 16.1. The summed E-state index contributed by atoms with van der Waals surface area (Å²) in [5.41, 5.74) is 2.62. The molecule has 0 fully saturated rings. The summed E-state index contributed by atoms with van der Waals surface area (Å²) < 4.78 is 24.0. The molecule has 200 valence electrons. The highest BCUT2D eigenvalue weighted by Crippen LogP contribution is 2.30. The number of anilines is 1. The summed E-state index contributed by atoms with van der Waals surface area (Å²) in [5.74, 6) is -1.69. The second-order valence-electron chi connectivity index (χ2n) is 8.46. The molecule has 0 saturated carbocycles. The predicted molar refractivity (Wildman–Crippen MR) is 149 cm³/mol. The fourth-order valence-corrected chi connectivity index (χ4v) is 5.64. The standard InChI is InChI=1S/C26H17ClFN7O3S2/c27-21-6-3-17(40-21)10-30-24-22(28)23(33-35(24)26(37)19-13-39-14-31-19)18-4-5-20(16-2-1-7-29-9-16)34(25(18)36)11-15-8-32-38-12-15/h1-9,12-14,30H,10-11H2. The molecular weight excluding hydrogens is 577 g/mol. The Morgan fingerprint density at radius 1 is 1.18 bits per heavy atom. The Balaban J connectivity index is 1.48. The number of carbonyl (C=O) groups excluding carboxylic acids is 1. The van der Waals surface area contributed by atoms with Crippen LogP contribution < -0.4 is 10.9 Å². The van der Waals surface area contributed by atoms with Crippen molar-refractivity contribution in [2.45, 2.75) is 13.1 Å². The Labute approximate surface area is 238 Å². The van der Waals surface area contributed by atoms with Gasteiger partial charge in [0, 0.05) is 33.8 Å². The quantitative estimate of drug-likeness (QED) is 0.248. The normalized spacial score (nSPS) is 11.2. The van der Waals surface area contributed by atoms with Gasteiger partial charge in [-0.2, -0.15) is 9.78 Å². The van der Waals surface area contributed by atoms with Crippen molar-refractivity contribution in [3.63, 3.8) is 0 Å². The zero-order valence-corrected chi connectivity index (χ0v) is 22.7. The number of aromatic nitrogens is 6. The van der Waals surface area contributed by atoms with Crippen LogP contribution in [0.2, 0.25) is 4.34 Å². The first-order chi connectivity index (χ1) is 19.5. The largest absolute Gasteiger partial charge is 0.364 e. The molecule has 0 aliphatic carbocycles. The Morgan fingerprint density at radius 3 is 2.77 bits per heavy atom. The van der Waals surface area contributed by atoms with E-state index in [1.54, 1.807) is 42.0 Å². The second-order valence-corrected chi connectivity index (χ2v) is 11.0. The smallest absolute Gasteiger partial charge is 0.299 e. The first kappa shape index (κ1) is 25.8. The molecule has 14 heteroatoms. The second kappa shape index (κ2) is 11.0. The number of nitrogens with zero attached hydrogens (tertiary/aromatic N) is 6. The minimum Gasteiger partial charge on any atom is -0.364 e. The van der Waals surface area contributed by atoms with E-state index in [1.165, 1.54) is 51.3 Å². The molecule has 0 aromatic carbocycles. The van der Waals surface area contributed by atoms with Gasteiger partial charge in [0.15, 0.2) is 11.6 Å². The number of thiophene rings is 1. The van der Waals surface area contributed by atoms with Crippen molar-refractivity contribution in [2.24, 2.45) is 0 Å². The summed E-state index contributed by atoms with van der Waals surface area (Å²) in [6.07, 6.45) is 6.17. The van der Waals surface area contributed by atoms with Crippen molar-refractivity contribution in [3.8, 4) is 22.5 Å². The van der Waals surface area contributed by atoms with Gasteiger partial charge >= 0.3 is 0 Å². The number of hydrogen-bond acceptors (Lipinski definition) is 10. The van der Waals surface area contributed by atoms with Gasteiger partial charge < -0.3 is 14.4 Å². The van der Waals surface area contributed by atoms with E-state index in [2.05, 4.69) is 25.5 Å². The SMILES string of the molecule is O=C(c1cscn1)n1nc(-c2ccc(-c3cccnc3)n(Cc3cnoc3)c2=O)c(F)c1NCc1ccc(Cl)s1. The number of pyridine rings is 2. The van der Waals surface area contributed by atoms with Gasteiger partial charge in [-0.1, -0.05) is 16.8 Å². The van der Waals surface area contributed by atoms with Crippen molar-refractivity contribution < 1.29 is 13.7 Å². The van der Waals surface area contributed by atoms with Crippen LogP contribution in [0, 0.1) is 5.82 Å². The number of hydrogen-bond donors (Lipinski definition) is 1. The van der Waals surface area contributed by atoms with Crippen LogP contribution in [0.4, 0.5) is 10.2 Å². The summed E-state index contributed by atoms with van der Waals surface area (Å²) >= 11 is 8.57. The summed E-state index contributed by atoms with van der Waals surface area (Å²) in [5, 5.41) is 12.5. The third-order valence-corrected chi connectivity index (χ3v) is 7.76. The fraction of sp³-hybridized carbons (Fsp3) is 0.0769. The lowest BCUT2D eigenvalue weighted by molar-refractivity contribution is 0.0943. The molecule has 0 atom stereocenters. The van der Waals surface area contributed by atoms with Crippen LogP contribution in [-0.2, 0) is 13.1 Å². The molecule has 0 amide bonds. The molecule has 10 nitrogen and oxygen atoms in total. The minimum atomic E-state index is -0.853. The van der Waals surface area contributed by atoms with Crippen molar-refractivity contribution >= 4 is 46.0 Å². The fourth-order valence-electron chi connectivity index (χ4n) is 4.08. The van der Waals surface area contributed by atoms with Crippen LogP contribution in [0.15, 0.2) is 81.5 Å².